The highest BCUT2D eigenvalue weighted by atomic mass is 32.1. The van der Waals surface area contributed by atoms with E-state index in [2.05, 4.69) is 190 Å². The molecular weight excluding hydrogens is 993 g/mol. The molecule has 1 aromatic carbocycles. The molecule has 0 aliphatic rings. The first-order valence-electron chi connectivity index (χ1n) is 25.0. The van der Waals surface area contributed by atoms with Crippen LogP contribution in [-0.2, 0) is 25.7 Å². The second-order valence-corrected chi connectivity index (χ2v) is 29.2. The molecule has 0 spiro atoms. The van der Waals surface area contributed by atoms with E-state index in [4.69, 9.17) is 0 Å². The van der Waals surface area contributed by atoms with E-state index in [1.165, 1.54) is 205 Å². The van der Waals surface area contributed by atoms with E-state index in [1.54, 1.807) is 41.1 Å². The Bertz CT molecular complexity index is 2900. The molecule has 0 bridgehead atoms. The van der Waals surface area contributed by atoms with Crippen LogP contribution >= 0.6 is 113 Å². The fourth-order valence-electron chi connectivity index (χ4n) is 9.90. The van der Waals surface area contributed by atoms with Gasteiger partial charge in [-0.15, -0.1) is 113 Å². The van der Waals surface area contributed by atoms with Gasteiger partial charge in [0.05, 0.1) is 57.1 Å². The number of fused-ring (bicyclic) bond motifs is 2. The van der Waals surface area contributed by atoms with Crippen LogP contribution in [0.15, 0.2) is 48.5 Å². The van der Waals surface area contributed by atoms with Crippen LogP contribution < -0.4 is 0 Å². The maximum atomic E-state index is 2.47. The molecule has 10 heteroatoms. The lowest BCUT2D eigenvalue weighted by Gasteiger charge is -1.97. The van der Waals surface area contributed by atoms with Crippen LogP contribution in [0.1, 0.15) is 150 Å². The van der Waals surface area contributed by atoms with Crippen LogP contribution in [-0.4, -0.2) is 0 Å². The highest BCUT2D eigenvalue weighted by Gasteiger charge is 2.31. The summed E-state index contributed by atoms with van der Waals surface area (Å²) in [6, 6.07) is 19.7. The molecule has 0 amide bonds. The third-order valence-electron chi connectivity index (χ3n) is 13.4. The quantitative estimate of drug-likeness (QED) is 0.0529. The lowest BCUT2D eigenvalue weighted by Crippen LogP contribution is -1.80. The molecule has 0 aliphatic carbocycles. The minimum atomic E-state index is 1.20. The number of aryl methyl sites for hydroxylation is 4. The summed E-state index contributed by atoms with van der Waals surface area (Å²) in [4.78, 5) is 18.1. The summed E-state index contributed by atoms with van der Waals surface area (Å²) >= 11 is 21.0. The topological polar surface area (TPSA) is 0 Å². The van der Waals surface area contributed by atoms with Gasteiger partial charge in [-0.25, -0.2) is 0 Å². The molecular formula is C56H60S10. The highest BCUT2D eigenvalue weighted by molar-refractivity contribution is 7.44. The van der Waals surface area contributed by atoms with Crippen molar-refractivity contribution in [1.82, 2.24) is 0 Å². The van der Waals surface area contributed by atoms with Crippen molar-refractivity contribution in [2.45, 2.75) is 156 Å². The van der Waals surface area contributed by atoms with Crippen molar-refractivity contribution >= 4 is 173 Å². The first kappa shape index (κ1) is 46.4. The van der Waals surface area contributed by atoms with Gasteiger partial charge in [0.1, 0.15) is 0 Å². The molecule has 11 rings (SSSR count). The first-order valence-corrected chi connectivity index (χ1v) is 33.1. The Morgan fingerprint density at radius 3 is 0.712 bits per heavy atom. The normalized spacial score (nSPS) is 12.5. The zero-order valence-electron chi connectivity index (χ0n) is 38.8. The number of thiophene rings is 10. The number of rotatable bonds is 24. The zero-order valence-corrected chi connectivity index (χ0v) is 47.0. The summed E-state index contributed by atoms with van der Waals surface area (Å²) in [5, 5.41) is 6.18. The maximum Gasteiger partial charge on any atom is 0.0628 e. The molecule has 0 N–H and O–H groups in total. The van der Waals surface area contributed by atoms with E-state index >= 15 is 0 Å². The van der Waals surface area contributed by atoms with E-state index < -0.39 is 0 Å². The van der Waals surface area contributed by atoms with Crippen LogP contribution in [0.5, 0.6) is 0 Å². The number of unbranched alkanes of at least 4 members (excludes halogenated alkanes) is 12. The second kappa shape index (κ2) is 20.8. The predicted octanol–water partition coefficient (Wildman–Crippen LogP) is 23.8. The van der Waals surface area contributed by atoms with Crippen LogP contribution in [0.25, 0.3) is 98.2 Å². The third-order valence-corrected chi connectivity index (χ3v) is 26.8. The Morgan fingerprint density at radius 2 is 0.485 bits per heavy atom. The van der Waals surface area contributed by atoms with Gasteiger partial charge < -0.3 is 0 Å². The number of hydrogen-bond acceptors (Lipinski definition) is 10. The van der Waals surface area contributed by atoms with Crippen molar-refractivity contribution in [1.29, 1.82) is 0 Å². The summed E-state index contributed by atoms with van der Waals surface area (Å²) in [6.45, 7) is 9.28. The van der Waals surface area contributed by atoms with Crippen molar-refractivity contribution < 1.29 is 0 Å². The largest absolute Gasteiger partial charge is 0.139 e. The van der Waals surface area contributed by atoms with Gasteiger partial charge in [-0.05, 0) is 99.9 Å². The average molecular weight is 1050 g/mol. The molecule has 0 unspecified atom stereocenters. The van der Waals surface area contributed by atoms with E-state index in [-0.39, 0.29) is 0 Å². The van der Waals surface area contributed by atoms with Crippen molar-refractivity contribution in [3.63, 3.8) is 0 Å². The van der Waals surface area contributed by atoms with Crippen molar-refractivity contribution in [3.05, 3.63) is 68.0 Å². The molecule has 10 aromatic heterocycles. The predicted molar refractivity (Wildman–Crippen MR) is 315 cm³/mol. The van der Waals surface area contributed by atoms with Crippen LogP contribution in [0.4, 0.5) is 0 Å². The van der Waals surface area contributed by atoms with Gasteiger partial charge in [0.25, 0.3) is 0 Å². The van der Waals surface area contributed by atoms with Gasteiger partial charge in [-0.3, -0.25) is 0 Å². The third kappa shape index (κ3) is 8.80. The smallest absolute Gasteiger partial charge is 0.0628 e. The lowest BCUT2D eigenvalue weighted by atomic mass is 10.1. The van der Waals surface area contributed by atoms with Crippen molar-refractivity contribution in [2.24, 2.45) is 0 Å². The molecule has 0 saturated carbocycles. The molecule has 0 nitrogen and oxygen atoms in total. The summed E-state index contributed by atoms with van der Waals surface area (Å²) < 4.78 is 12.2. The minimum Gasteiger partial charge on any atom is -0.139 e. The Kier molecular flexibility index (Phi) is 14.6. The lowest BCUT2D eigenvalue weighted by molar-refractivity contribution is 0.670. The standard InChI is InChI=1S/C56H60S10/c1-5-9-13-17-21-33-25-29-37(57-33)45-49-41-42-50(65-49)46(38-30-26-34(58-38)22-18-14-10-6-2)63-55(42)56-44-43-51(66-52(44)48(64-56)40-32-28-36(60-40)24-20-16-12-8-4)47(62-54(43)53(41)61-45)39-31-27-35(59-39)23-19-15-11-7-3/h25-32H,5-24H2,1-4H3. The second-order valence-electron chi connectivity index (χ2n) is 18.4. The van der Waals surface area contributed by atoms with Gasteiger partial charge in [0, 0.05) is 60.6 Å². The Labute approximate surface area is 431 Å². The van der Waals surface area contributed by atoms with Gasteiger partial charge in [0.2, 0.25) is 0 Å². The van der Waals surface area contributed by atoms with E-state index in [9.17, 15) is 0 Å². The first-order chi connectivity index (χ1) is 32.6. The van der Waals surface area contributed by atoms with E-state index in [0.717, 1.165) is 0 Å². The SMILES string of the molecule is CCCCCCc1ccc(-c2sc3c4sc(-c5ccc(CCCCCC)s5)c5sc6c(-c7ccc(CCCCCC)s7)sc(c7sc(-c8ccc(CCCCCC)s8)c8sc2c3c87)c6c54)s1. The maximum absolute atomic E-state index is 2.47. The molecule has 10 heterocycles. The Morgan fingerprint density at radius 1 is 0.242 bits per heavy atom. The highest BCUT2D eigenvalue weighted by Crippen LogP contribution is 2.63. The average Bonchev–Trinajstić information content (AvgIpc) is 4.15. The van der Waals surface area contributed by atoms with Crippen molar-refractivity contribution in [3.8, 4) is 39.0 Å². The number of hydrogen-bond donors (Lipinski definition) is 0. The Hall–Kier alpha value is -1.96. The van der Waals surface area contributed by atoms with Gasteiger partial charge in [0.15, 0.2) is 0 Å². The molecule has 0 aliphatic heterocycles. The monoisotopic (exact) mass is 1050 g/mol. The fourth-order valence-corrected chi connectivity index (χ4v) is 23.6. The van der Waals surface area contributed by atoms with E-state index in [1.807, 2.05) is 0 Å². The Balaban J connectivity index is 1.14. The molecule has 0 fully saturated rings. The van der Waals surface area contributed by atoms with Gasteiger partial charge in [-0.1, -0.05) is 105 Å². The molecule has 0 atom stereocenters. The van der Waals surface area contributed by atoms with Gasteiger partial charge in [-0.2, -0.15) is 0 Å². The van der Waals surface area contributed by atoms with Crippen molar-refractivity contribution in [2.75, 3.05) is 0 Å². The molecule has 344 valence electrons. The van der Waals surface area contributed by atoms with E-state index in [0.29, 0.717) is 0 Å². The molecule has 0 saturated heterocycles. The minimum absolute atomic E-state index is 1.20. The zero-order chi connectivity index (χ0) is 44.7. The van der Waals surface area contributed by atoms with Crippen LogP contribution in [0.2, 0.25) is 0 Å². The molecule has 0 radical (unpaired) electrons. The summed E-state index contributed by atoms with van der Waals surface area (Å²) in [6.07, 6.45) is 25.9. The fraction of sp³-hybridized carbons (Fsp3) is 0.429. The summed E-state index contributed by atoms with van der Waals surface area (Å²) in [5.74, 6) is 0. The van der Waals surface area contributed by atoms with Gasteiger partial charge >= 0.3 is 0 Å². The summed E-state index contributed by atoms with van der Waals surface area (Å²) in [7, 11) is 0. The van der Waals surface area contributed by atoms with Crippen LogP contribution in [0, 0.1) is 0 Å². The van der Waals surface area contributed by atoms with Crippen LogP contribution in [0.3, 0.4) is 0 Å². The molecule has 66 heavy (non-hydrogen) atoms. The summed E-state index contributed by atoms with van der Waals surface area (Å²) in [5.41, 5.74) is 0. The molecule has 11 aromatic rings.